The number of aliphatic carboxylic acids is 2. The van der Waals surface area contributed by atoms with Gasteiger partial charge in [-0.2, -0.15) is 0 Å². The number of hydrogen-bond donors (Lipinski definition) is 9. The molecule has 19 atom stereocenters. The van der Waals surface area contributed by atoms with Gasteiger partial charge in [-0.15, -0.1) is 0 Å². The molecule has 2 heterocycles. The lowest BCUT2D eigenvalue weighted by atomic mass is 9.33. The van der Waals surface area contributed by atoms with Crippen LogP contribution in [0.1, 0.15) is 106 Å². The maximum Gasteiger partial charge on any atom is 0.312 e. The molecule has 7 rings (SSSR count). The number of carbonyl (C=O) groups is 2. The fraction of sp³-hybridized carbons (Fsp3) is 0.905. The fourth-order valence-corrected chi connectivity index (χ4v) is 13.6. The Labute approximate surface area is 334 Å². The maximum absolute atomic E-state index is 13.6. The molecule has 15 nitrogen and oxygen atoms in total. The van der Waals surface area contributed by atoms with Gasteiger partial charge in [-0.25, -0.2) is 0 Å². The van der Waals surface area contributed by atoms with Crippen molar-refractivity contribution in [3.8, 4) is 0 Å². The van der Waals surface area contributed by atoms with Crippen LogP contribution in [0.15, 0.2) is 11.6 Å². The molecule has 9 N–H and O–H groups in total. The second-order valence-corrected chi connectivity index (χ2v) is 20.4. The molecule has 0 spiro atoms. The van der Waals surface area contributed by atoms with Gasteiger partial charge in [-0.3, -0.25) is 9.59 Å². The number of aliphatic hydroxyl groups is 7. The molecule has 6 fully saturated rings. The van der Waals surface area contributed by atoms with Gasteiger partial charge >= 0.3 is 11.9 Å². The van der Waals surface area contributed by atoms with Crippen molar-refractivity contribution in [3.05, 3.63) is 11.6 Å². The van der Waals surface area contributed by atoms with Crippen LogP contribution in [0.5, 0.6) is 0 Å². The number of aliphatic hydroxyl groups excluding tert-OH is 7. The summed E-state index contributed by atoms with van der Waals surface area (Å²) in [5.74, 6) is -2.05. The van der Waals surface area contributed by atoms with Crippen molar-refractivity contribution in [3.63, 3.8) is 0 Å². The highest BCUT2D eigenvalue weighted by molar-refractivity contribution is 5.77. The topological polar surface area (TPSA) is 253 Å². The van der Waals surface area contributed by atoms with E-state index >= 15 is 0 Å². The highest BCUT2D eigenvalue weighted by Crippen LogP contribution is 2.76. The Balaban J connectivity index is 1.16. The van der Waals surface area contributed by atoms with Gasteiger partial charge in [0, 0.05) is 0 Å². The molecule has 15 heteroatoms. The zero-order valence-electron chi connectivity index (χ0n) is 34.1. The summed E-state index contributed by atoms with van der Waals surface area (Å²) in [6.07, 6.45) is -8.28. The second-order valence-electron chi connectivity index (χ2n) is 20.4. The van der Waals surface area contributed by atoms with E-state index in [9.17, 15) is 55.5 Å². The minimum Gasteiger partial charge on any atom is -0.481 e. The molecule has 57 heavy (non-hydrogen) atoms. The van der Waals surface area contributed by atoms with E-state index in [1.165, 1.54) is 5.57 Å². The third-order valence-corrected chi connectivity index (χ3v) is 17.4. The molecule has 0 aromatic rings. The first-order chi connectivity index (χ1) is 26.6. The molecule has 19 unspecified atom stereocenters. The Morgan fingerprint density at radius 1 is 0.702 bits per heavy atom. The van der Waals surface area contributed by atoms with E-state index < -0.39 is 109 Å². The summed E-state index contributed by atoms with van der Waals surface area (Å²) >= 11 is 0. The molecule has 0 aromatic heterocycles. The normalized spacial score (nSPS) is 53.3. The first-order valence-corrected chi connectivity index (χ1v) is 21.0. The molecular weight excluding hydrogens is 744 g/mol. The molecule has 0 radical (unpaired) electrons. The molecular formula is C42H66O15. The van der Waals surface area contributed by atoms with E-state index in [4.69, 9.17) is 18.9 Å². The minimum absolute atomic E-state index is 0.0305. The number of ether oxygens (including phenoxy) is 4. The van der Waals surface area contributed by atoms with Gasteiger partial charge in [0.05, 0.1) is 30.1 Å². The third kappa shape index (κ3) is 6.30. The zero-order chi connectivity index (χ0) is 41.8. The molecule has 324 valence electrons. The predicted molar refractivity (Wildman–Crippen MR) is 200 cm³/mol. The number of rotatable bonds is 8. The minimum atomic E-state index is -1.84. The van der Waals surface area contributed by atoms with Crippen molar-refractivity contribution in [1.29, 1.82) is 0 Å². The molecule has 2 saturated heterocycles. The van der Waals surface area contributed by atoms with E-state index in [0.717, 1.165) is 32.1 Å². The smallest absolute Gasteiger partial charge is 0.312 e. The number of allylic oxidation sites excluding steroid dienone is 2. The van der Waals surface area contributed by atoms with Crippen molar-refractivity contribution in [2.75, 3.05) is 13.2 Å². The average Bonchev–Trinajstić information content (AvgIpc) is 3.15. The van der Waals surface area contributed by atoms with Crippen LogP contribution in [0.25, 0.3) is 0 Å². The quantitative estimate of drug-likeness (QED) is 0.126. The first kappa shape index (κ1) is 43.3. The molecule has 0 bridgehead atoms. The molecule has 2 aliphatic heterocycles. The van der Waals surface area contributed by atoms with Gasteiger partial charge in [0.2, 0.25) is 0 Å². The van der Waals surface area contributed by atoms with Crippen molar-refractivity contribution in [2.24, 2.45) is 50.2 Å². The van der Waals surface area contributed by atoms with Crippen molar-refractivity contribution in [1.82, 2.24) is 0 Å². The zero-order valence-corrected chi connectivity index (χ0v) is 34.1. The number of carboxylic acids is 2. The summed E-state index contributed by atoms with van der Waals surface area (Å²) in [5, 5.41) is 95.5. The van der Waals surface area contributed by atoms with Gasteiger partial charge in [0.1, 0.15) is 48.8 Å². The second kappa shape index (κ2) is 14.7. The lowest BCUT2D eigenvalue weighted by Gasteiger charge is -2.71. The lowest BCUT2D eigenvalue weighted by molar-refractivity contribution is -0.369. The summed E-state index contributed by atoms with van der Waals surface area (Å²) < 4.78 is 23.5. The molecule has 0 aromatic carbocycles. The van der Waals surface area contributed by atoms with Gasteiger partial charge in [-0.05, 0) is 111 Å². The summed E-state index contributed by atoms with van der Waals surface area (Å²) in [7, 11) is 0. The van der Waals surface area contributed by atoms with Gasteiger partial charge in [0.15, 0.2) is 12.6 Å². The number of hydrogen-bond acceptors (Lipinski definition) is 13. The van der Waals surface area contributed by atoms with Crippen LogP contribution in [0.4, 0.5) is 0 Å². The number of fused-ring (bicyclic) bond motifs is 7. The van der Waals surface area contributed by atoms with E-state index in [2.05, 4.69) is 40.7 Å². The van der Waals surface area contributed by atoms with E-state index in [-0.39, 0.29) is 34.0 Å². The Bertz CT molecular complexity index is 1590. The fourth-order valence-electron chi connectivity index (χ4n) is 13.6. The van der Waals surface area contributed by atoms with Crippen LogP contribution >= 0.6 is 0 Å². The average molecular weight is 811 g/mol. The van der Waals surface area contributed by atoms with Crippen LogP contribution in [0.3, 0.4) is 0 Å². The van der Waals surface area contributed by atoms with Crippen molar-refractivity contribution in [2.45, 2.75) is 173 Å². The maximum atomic E-state index is 13.6. The third-order valence-electron chi connectivity index (χ3n) is 17.4. The van der Waals surface area contributed by atoms with Gasteiger partial charge in [0.25, 0.3) is 0 Å². The molecule has 4 saturated carbocycles. The first-order valence-electron chi connectivity index (χ1n) is 21.0. The van der Waals surface area contributed by atoms with E-state index in [0.29, 0.717) is 32.1 Å². The van der Waals surface area contributed by atoms with Gasteiger partial charge < -0.3 is 64.9 Å². The molecule has 5 aliphatic carbocycles. The largest absolute Gasteiger partial charge is 0.481 e. The van der Waals surface area contributed by atoms with Crippen LogP contribution in [-0.2, 0) is 28.5 Å². The van der Waals surface area contributed by atoms with Crippen LogP contribution < -0.4 is 0 Å². The van der Waals surface area contributed by atoms with Crippen LogP contribution in [0, 0.1) is 50.2 Å². The summed E-state index contributed by atoms with van der Waals surface area (Å²) in [6.45, 7) is 11.6. The molecule has 0 amide bonds. The summed E-state index contributed by atoms with van der Waals surface area (Å²) in [4.78, 5) is 26.7. The Morgan fingerprint density at radius 3 is 1.93 bits per heavy atom. The van der Waals surface area contributed by atoms with Crippen LogP contribution in [0.2, 0.25) is 0 Å². The summed E-state index contributed by atoms with van der Waals surface area (Å²) in [6, 6.07) is 0. The van der Waals surface area contributed by atoms with E-state index in [1.807, 2.05) is 0 Å². The Hall–Kier alpha value is -1.76. The number of carboxylic acid groups (broad SMARTS) is 2. The summed E-state index contributed by atoms with van der Waals surface area (Å²) in [5.41, 5.74) is -1.83. The van der Waals surface area contributed by atoms with Gasteiger partial charge in [-0.1, -0.05) is 46.3 Å². The highest BCUT2D eigenvalue weighted by Gasteiger charge is 2.71. The SMILES string of the molecule is CC1(C)CCC2(C(=O)O)CCC3(C)C(=CCC4C5(C)CCC(OC6OC(CO)C(O)C(OC7OC(CO)C(O)C(O)C7O)C6O)C(C)(C(=O)O)C5CCC43C)C2C1. The van der Waals surface area contributed by atoms with Crippen molar-refractivity contribution < 1.29 is 74.5 Å². The lowest BCUT2D eigenvalue weighted by Crippen LogP contribution is -2.68. The Kier molecular flexibility index (Phi) is 11.2. The van der Waals surface area contributed by atoms with Crippen molar-refractivity contribution >= 4 is 11.9 Å². The molecule has 7 aliphatic rings. The Morgan fingerprint density at radius 2 is 1.32 bits per heavy atom. The standard InChI is InChI=1S/C42H66O15/c1-37(2)13-15-42(36(52)53)16-14-39(4)20(21(42)17-37)7-8-24-38(3)11-10-26(41(6,35(50)51)25(38)9-12-40(24,39)5)56-34-31(49)32(28(46)23(19-44)55-34)57-33-30(48)29(47)27(45)22(18-43)54-33/h7,21-34,43-49H,8-19H2,1-6H3,(H,50,51)(H,52,53). The monoisotopic (exact) mass is 810 g/mol. The highest BCUT2D eigenvalue weighted by atomic mass is 16.7. The van der Waals surface area contributed by atoms with Crippen LogP contribution in [-0.4, -0.2) is 139 Å². The predicted octanol–water partition coefficient (Wildman–Crippen LogP) is 1.95. The van der Waals surface area contributed by atoms with E-state index in [1.54, 1.807) is 6.92 Å².